The highest BCUT2D eigenvalue weighted by Crippen LogP contribution is 2.58. The van der Waals surface area contributed by atoms with Gasteiger partial charge in [0.25, 0.3) is 0 Å². The van der Waals surface area contributed by atoms with Crippen LogP contribution in [0.15, 0.2) is 79.0 Å². The molecule has 4 heterocycles. The second-order valence-electron chi connectivity index (χ2n) is 10.2. The van der Waals surface area contributed by atoms with Gasteiger partial charge in [0.1, 0.15) is 34.3 Å². The zero-order valence-corrected chi connectivity index (χ0v) is 22.8. The summed E-state index contributed by atoms with van der Waals surface area (Å²) >= 11 is 0. The van der Waals surface area contributed by atoms with Crippen molar-refractivity contribution in [1.82, 2.24) is 9.38 Å². The van der Waals surface area contributed by atoms with Gasteiger partial charge in [0.2, 0.25) is 5.60 Å². The van der Waals surface area contributed by atoms with Gasteiger partial charge in [-0.15, -0.1) is 0 Å². The molecule has 196 valence electrons. The van der Waals surface area contributed by atoms with E-state index < -0.39 is 5.60 Å². The van der Waals surface area contributed by atoms with Crippen LogP contribution < -0.4 is 19.7 Å². The Kier molecular flexibility index (Phi) is 5.34. The molecule has 0 fully saturated rings. The van der Waals surface area contributed by atoms with Crippen LogP contribution in [0.4, 0.5) is 11.4 Å². The maximum Gasteiger partial charge on any atom is 0.209 e. The lowest BCUT2D eigenvalue weighted by molar-refractivity contribution is 0.132. The molecule has 1 unspecified atom stereocenters. The van der Waals surface area contributed by atoms with E-state index in [-0.39, 0.29) is 0 Å². The third-order valence-corrected chi connectivity index (χ3v) is 7.95. The Hall–Kier alpha value is -4.45. The zero-order valence-electron chi connectivity index (χ0n) is 22.8. The quantitative estimate of drug-likeness (QED) is 0.264. The number of rotatable bonds is 5. The van der Waals surface area contributed by atoms with Crippen molar-refractivity contribution in [1.29, 1.82) is 0 Å². The van der Waals surface area contributed by atoms with Crippen LogP contribution in [0.5, 0.6) is 17.2 Å². The molecule has 6 heteroatoms. The van der Waals surface area contributed by atoms with E-state index in [4.69, 9.17) is 14.5 Å². The van der Waals surface area contributed by atoms with Gasteiger partial charge in [0.15, 0.2) is 0 Å². The number of hydrogen-bond donors (Lipinski definition) is 1. The lowest BCUT2D eigenvalue weighted by Gasteiger charge is -2.43. The lowest BCUT2D eigenvalue weighted by Crippen LogP contribution is -2.42. The SMILES string of the molecule is CCNc1ccc2c(c1)C1(Oc3ccc(C)cc3-c3nc4ccccn4c31)c1ccc(N(CC)CC)cc1O2. The number of anilines is 2. The summed E-state index contributed by atoms with van der Waals surface area (Å²) in [6, 6.07) is 25.3. The molecule has 3 aromatic carbocycles. The Morgan fingerprint density at radius 3 is 2.54 bits per heavy atom. The van der Waals surface area contributed by atoms with E-state index in [0.29, 0.717) is 0 Å². The number of hydrogen-bond acceptors (Lipinski definition) is 5. The van der Waals surface area contributed by atoms with Crippen LogP contribution in [0.2, 0.25) is 0 Å². The molecule has 2 aliphatic rings. The fourth-order valence-electron chi connectivity index (χ4n) is 6.16. The second kappa shape index (κ2) is 8.80. The van der Waals surface area contributed by atoms with Gasteiger partial charge in [-0.05, 0) is 82.3 Å². The highest BCUT2D eigenvalue weighted by atomic mass is 16.5. The first-order valence-corrected chi connectivity index (χ1v) is 13.8. The predicted molar refractivity (Wildman–Crippen MR) is 157 cm³/mol. The minimum absolute atomic E-state index is 0.785. The van der Waals surface area contributed by atoms with Crippen LogP contribution in [0.1, 0.15) is 43.2 Å². The van der Waals surface area contributed by atoms with Gasteiger partial charge in [-0.3, -0.25) is 4.40 Å². The second-order valence-corrected chi connectivity index (χ2v) is 10.2. The average Bonchev–Trinajstić information content (AvgIpc) is 3.35. The molecule has 2 aromatic heterocycles. The highest BCUT2D eigenvalue weighted by molar-refractivity contribution is 5.81. The third kappa shape index (κ3) is 3.37. The molecule has 1 spiro atoms. The molecule has 0 amide bonds. The van der Waals surface area contributed by atoms with E-state index in [1.54, 1.807) is 0 Å². The van der Waals surface area contributed by atoms with Crippen LogP contribution in [0, 0.1) is 6.92 Å². The zero-order chi connectivity index (χ0) is 26.7. The first kappa shape index (κ1) is 23.7. The molecule has 1 N–H and O–H groups in total. The summed E-state index contributed by atoms with van der Waals surface area (Å²) in [6.45, 7) is 11.2. The van der Waals surface area contributed by atoms with Gasteiger partial charge in [-0.25, -0.2) is 4.98 Å². The molecule has 2 aliphatic heterocycles. The third-order valence-electron chi connectivity index (χ3n) is 7.95. The number of pyridine rings is 1. The Morgan fingerprint density at radius 1 is 0.872 bits per heavy atom. The molecule has 1 atom stereocenters. The van der Waals surface area contributed by atoms with Crippen LogP contribution in [0.25, 0.3) is 16.9 Å². The normalized spacial score (nSPS) is 16.5. The van der Waals surface area contributed by atoms with Gasteiger partial charge >= 0.3 is 0 Å². The van der Waals surface area contributed by atoms with Crippen molar-refractivity contribution in [3.63, 3.8) is 0 Å². The molecule has 7 rings (SSSR count). The first-order valence-electron chi connectivity index (χ1n) is 13.8. The highest BCUT2D eigenvalue weighted by Gasteiger charge is 2.53. The Morgan fingerprint density at radius 2 is 1.72 bits per heavy atom. The molecule has 0 saturated carbocycles. The van der Waals surface area contributed by atoms with E-state index in [9.17, 15) is 0 Å². The number of aryl methyl sites for hydroxylation is 1. The maximum atomic E-state index is 7.27. The molecule has 6 nitrogen and oxygen atoms in total. The smallest absolute Gasteiger partial charge is 0.209 e. The predicted octanol–water partition coefficient (Wildman–Crippen LogP) is 7.38. The number of fused-ring (bicyclic) bond motifs is 10. The summed E-state index contributed by atoms with van der Waals surface area (Å²) in [6.07, 6.45) is 2.08. The number of nitrogens with one attached hydrogen (secondary N) is 1. The molecule has 5 aromatic rings. The number of benzene rings is 3. The van der Waals surface area contributed by atoms with Gasteiger partial charge in [0, 0.05) is 54.4 Å². The van der Waals surface area contributed by atoms with E-state index in [2.05, 4.69) is 109 Å². The number of aromatic nitrogens is 2. The molecule has 39 heavy (non-hydrogen) atoms. The van der Waals surface area contributed by atoms with E-state index in [0.717, 1.165) is 82.0 Å². The van der Waals surface area contributed by atoms with Crippen molar-refractivity contribution < 1.29 is 9.47 Å². The molecule has 0 bridgehead atoms. The van der Waals surface area contributed by atoms with Gasteiger partial charge in [-0.2, -0.15) is 0 Å². The van der Waals surface area contributed by atoms with Gasteiger partial charge < -0.3 is 19.7 Å². The summed E-state index contributed by atoms with van der Waals surface area (Å²) in [5, 5.41) is 3.48. The number of ether oxygens (including phenoxy) is 2. The summed E-state index contributed by atoms with van der Waals surface area (Å²) in [5.41, 5.74) is 8.12. The van der Waals surface area contributed by atoms with Crippen LogP contribution in [-0.2, 0) is 5.60 Å². The van der Waals surface area contributed by atoms with Crippen molar-refractivity contribution in [2.75, 3.05) is 29.9 Å². The van der Waals surface area contributed by atoms with Crippen molar-refractivity contribution >= 4 is 17.0 Å². The minimum Gasteiger partial charge on any atom is -0.470 e. The van der Waals surface area contributed by atoms with E-state index in [1.165, 1.54) is 5.56 Å². The fourth-order valence-corrected chi connectivity index (χ4v) is 6.16. The summed E-state index contributed by atoms with van der Waals surface area (Å²) < 4.78 is 16.1. The van der Waals surface area contributed by atoms with Crippen LogP contribution >= 0.6 is 0 Å². The largest absolute Gasteiger partial charge is 0.470 e. The Bertz CT molecular complexity index is 1740. The molecule has 0 saturated heterocycles. The molecular weight excluding hydrogens is 484 g/mol. The van der Waals surface area contributed by atoms with Crippen molar-refractivity contribution in [3.8, 4) is 28.5 Å². The first-order chi connectivity index (χ1) is 19.1. The summed E-state index contributed by atoms with van der Waals surface area (Å²) in [7, 11) is 0. The van der Waals surface area contributed by atoms with Crippen molar-refractivity contribution in [3.05, 3.63) is 101 Å². The number of nitrogens with zero attached hydrogens (tertiary/aromatic N) is 3. The van der Waals surface area contributed by atoms with Crippen molar-refractivity contribution in [2.45, 2.75) is 33.3 Å². The van der Waals surface area contributed by atoms with Crippen LogP contribution in [-0.4, -0.2) is 29.0 Å². The maximum absolute atomic E-state index is 7.27. The fraction of sp³-hybridized carbons (Fsp3) is 0.242. The Balaban J connectivity index is 1.60. The standard InChI is InChI=1S/C33H32N4O2/c1-5-34-22-12-16-28-26(19-22)33(25-14-13-23(20-29(25)38-28)36(6-2)7-3)32-31(35-30-10-8-9-17-37(30)32)24-18-21(4)11-15-27(24)39-33/h8-20,34H,5-7H2,1-4H3. The molecule has 0 aliphatic carbocycles. The van der Waals surface area contributed by atoms with Crippen LogP contribution in [0.3, 0.4) is 0 Å². The van der Waals surface area contributed by atoms with Gasteiger partial charge in [0.05, 0.1) is 5.56 Å². The lowest BCUT2D eigenvalue weighted by atomic mass is 9.77. The van der Waals surface area contributed by atoms with E-state index >= 15 is 0 Å². The topological polar surface area (TPSA) is 51.0 Å². The summed E-state index contributed by atoms with van der Waals surface area (Å²) in [5.74, 6) is 2.40. The van der Waals surface area contributed by atoms with Crippen molar-refractivity contribution in [2.24, 2.45) is 0 Å². The minimum atomic E-state index is -0.964. The average molecular weight is 517 g/mol. The van der Waals surface area contributed by atoms with E-state index in [1.807, 2.05) is 12.1 Å². The molecular formula is C33H32N4O2. The Labute approximate surface area is 228 Å². The van der Waals surface area contributed by atoms with Gasteiger partial charge in [-0.1, -0.05) is 17.7 Å². The number of imidazole rings is 1. The molecule has 0 radical (unpaired) electrons. The summed E-state index contributed by atoms with van der Waals surface area (Å²) in [4.78, 5) is 7.51. The monoisotopic (exact) mass is 516 g/mol.